The van der Waals surface area contributed by atoms with Crippen LogP contribution < -0.4 is 10.2 Å². The van der Waals surface area contributed by atoms with Crippen molar-refractivity contribution in [1.82, 2.24) is 10.2 Å². The highest BCUT2D eigenvalue weighted by atomic mass is 35.5. The molecular formula is C20H28ClN3O2. The Hall–Kier alpha value is -1.75. The summed E-state index contributed by atoms with van der Waals surface area (Å²) in [5.41, 5.74) is 1.70. The molecule has 3 rings (SSSR count). The Morgan fingerprint density at radius 2 is 1.81 bits per heavy atom. The van der Waals surface area contributed by atoms with Gasteiger partial charge >= 0.3 is 0 Å². The van der Waals surface area contributed by atoms with Crippen LogP contribution >= 0.6 is 11.6 Å². The average Bonchev–Trinajstić information content (AvgIpc) is 2.67. The van der Waals surface area contributed by atoms with Crippen LogP contribution in [0.5, 0.6) is 0 Å². The van der Waals surface area contributed by atoms with Crippen LogP contribution in [0, 0.1) is 5.92 Å². The molecule has 26 heavy (non-hydrogen) atoms. The van der Waals surface area contributed by atoms with Crippen molar-refractivity contribution in [3.63, 3.8) is 0 Å². The van der Waals surface area contributed by atoms with E-state index in [-0.39, 0.29) is 11.8 Å². The molecule has 0 radical (unpaired) electrons. The minimum absolute atomic E-state index is 0.00446. The van der Waals surface area contributed by atoms with E-state index < -0.39 is 0 Å². The predicted octanol–water partition coefficient (Wildman–Crippen LogP) is 3.32. The molecule has 2 amide bonds. The van der Waals surface area contributed by atoms with Gasteiger partial charge in [-0.15, -0.1) is 0 Å². The van der Waals surface area contributed by atoms with E-state index in [2.05, 4.69) is 10.2 Å². The van der Waals surface area contributed by atoms with Gasteiger partial charge in [0.2, 0.25) is 5.91 Å². The highest BCUT2D eigenvalue weighted by Crippen LogP contribution is 2.28. The summed E-state index contributed by atoms with van der Waals surface area (Å²) in [6.45, 7) is 5.76. The van der Waals surface area contributed by atoms with Gasteiger partial charge in [0.25, 0.3) is 5.91 Å². The molecule has 5 nitrogen and oxygen atoms in total. The minimum atomic E-state index is 0.00446. The number of rotatable bonds is 4. The predicted molar refractivity (Wildman–Crippen MR) is 105 cm³/mol. The number of amides is 2. The van der Waals surface area contributed by atoms with Crippen molar-refractivity contribution < 1.29 is 9.59 Å². The maximum Gasteiger partial charge on any atom is 0.255 e. The van der Waals surface area contributed by atoms with Crippen LogP contribution in [0.15, 0.2) is 18.2 Å². The average molecular weight is 378 g/mol. The number of nitrogens with one attached hydrogen (secondary N) is 1. The second-order valence-corrected chi connectivity index (χ2v) is 7.79. The molecule has 1 N–H and O–H groups in total. The van der Waals surface area contributed by atoms with Gasteiger partial charge in [-0.3, -0.25) is 9.59 Å². The Morgan fingerprint density at radius 1 is 1.12 bits per heavy atom. The minimum Gasteiger partial charge on any atom is -0.372 e. The van der Waals surface area contributed by atoms with Crippen LogP contribution in [0.1, 0.15) is 49.4 Å². The maximum atomic E-state index is 13.0. The lowest BCUT2D eigenvalue weighted by molar-refractivity contribution is -0.119. The van der Waals surface area contributed by atoms with Gasteiger partial charge in [-0.25, -0.2) is 0 Å². The summed E-state index contributed by atoms with van der Waals surface area (Å²) >= 11 is 6.35. The van der Waals surface area contributed by atoms with Gasteiger partial charge < -0.3 is 15.1 Å². The lowest BCUT2D eigenvalue weighted by atomic mass is 9.96. The molecule has 0 atom stereocenters. The van der Waals surface area contributed by atoms with Gasteiger partial charge in [0.05, 0.1) is 10.6 Å². The third-order valence-corrected chi connectivity index (χ3v) is 5.77. The van der Waals surface area contributed by atoms with E-state index >= 15 is 0 Å². The fourth-order valence-corrected chi connectivity index (χ4v) is 4.02. The summed E-state index contributed by atoms with van der Waals surface area (Å²) in [6.07, 6.45) is 5.51. The lowest BCUT2D eigenvalue weighted by Crippen LogP contribution is -2.41. The number of hydrogen-bond donors (Lipinski definition) is 1. The Bertz CT molecular complexity index is 650. The van der Waals surface area contributed by atoms with E-state index in [4.69, 9.17) is 11.6 Å². The lowest BCUT2D eigenvalue weighted by Gasteiger charge is -2.33. The molecule has 2 heterocycles. The third-order valence-electron chi connectivity index (χ3n) is 5.44. The van der Waals surface area contributed by atoms with E-state index in [0.29, 0.717) is 36.1 Å². The van der Waals surface area contributed by atoms with E-state index in [1.165, 1.54) is 26.2 Å². The van der Waals surface area contributed by atoms with Crippen LogP contribution in [-0.4, -0.2) is 49.4 Å². The van der Waals surface area contributed by atoms with E-state index in [1.807, 2.05) is 23.1 Å². The first-order valence-electron chi connectivity index (χ1n) is 9.63. The number of carbonyl (C=O) groups excluding carboxylic acids is 2. The van der Waals surface area contributed by atoms with Crippen LogP contribution in [0.2, 0.25) is 5.02 Å². The van der Waals surface area contributed by atoms with Gasteiger partial charge in [0, 0.05) is 45.3 Å². The van der Waals surface area contributed by atoms with Crippen LogP contribution in [0.25, 0.3) is 0 Å². The van der Waals surface area contributed by atoms with Gasteiger partial charge in [0.1, 0.15) is 0 Å². The van der Waals surface area contributed by atoms with Gasteiger partial charge in [-0.05, 0) is 56.2 Å². The maximum absolute atomic E-state index is 13.0. The number of nitrogens with zero attached hydrogens (tertiary/aromatic N) is 2. The van der Waals surface area contributed by atoms with Crippen LogP contribution in [0.3, 0.4) is 0 Å². The van der Waals surface area contributed by atoms with Gasteiger partial charge in [-0.1, -0.05) is 11.6 Å². The highest BCUT2D eigenvalue weighted by Gasteiger charge is 2.25. The fourth-order valence-electron chi connectivity index (χ4n) is 3.82. The molecule has 0 spiro atoms. The summed E-state index contributed by atoms with van der Waals surface area (Å²) in [5, 5.41) is 3.40. The molecule has 6 heteroatoms. The first-order valence-corrected chi connectivity index (χ1v) is 10.0. The summed E-state index contributed by atoms with van der Waals surface area (Å²) in [7, 11) is 0. The molecule has 0 bridgehead atoms. The summed E-state index contributed by atoms with van der Waals surface area (Å²) < 4.78 is 0. The Labute approximate surface area is 160 Å². The molecule has 0 saturated carbocycles. The van der Waals surface area contributed by atoms with Crippen molar-refractivity contribution in [3.05, 3.63) is 28.8 Å². The van der Waals surface area contributed by atoms with E-state index in [1.54, 1.807) is 0 Å². The first-order chi connectivity index (χ1) is 12.5. The molecule has 0 aromatic heterocycles. The van der Waals surface area contributed by atoms with E-state index in [0.717, 1.165) is 31.6 Å². The fraction of sp³-hybridized carbons (Fsp3) is 0.600. The van der Waals surface area contributed by atoms with Crippen molar-refractivity contribution in [3.8, 4) is 0 Å². The molecule has 2 aliphatic rings. The zero-order valence-electron chi connectivity index (χ0n) is 15.5. The molecule has 2 fully saturated rings. The van der Waals surface area contributed by atoms with Crippen molar-refractivity contribution in [2.45, 2.75) is 39.0 Å². The monoisotopic (exact) mass is 377 g/mol. The van der Waals surface area contributed by atoms with Crippen molar-refractivity contribution >= 4 is 29.1 Å². The van der Waals surface area contributed by atoms with Crippen LogP contribution in [-0.2, 0) is 4.79 Å². The number of likely N-dealkylation sites (tertiary alicyclic amines) is 1. The largest absolute Gasteiger partial charge is 0.372 e. The molecule has 0 unspecified atom stereocenters. The number of hydrogen-bond acceptors (Lipinski definition) is 3. The van der Waals surface area contributed by atoms with E-state index in [9.17, 15) is 9.59 Å². The molecule has 142 valence electrons. The van der Waals surface area contributed by atoms with Crippen molar-refractivity contribution in [2.24, 2.45) is 5.92 Å². The number of carbonyl (C=O) groups is 2. The molecule has 0 aliphatic carbocycles. The van der Waals surface area contributed by atoms with Gasteiger partial charge in [0.15, 0.2) is 0 Å². The smallest absolute Gasteiger partial charge is 0.255 e. The SMILES string of the molecule is CC(=O)NCC1CCN(C(=O)c2cc(N3CCCCC3)ccc2Cl)CC1. The molecule has 2 aliphatic heterocycles. The summed E-state index contributed by atoms with van der Waals surface area (Å²) in [4.78, 5) is 28.3. The summed E-state index contributed by atoms with van der Waals surface area (Å²) in [5.74, 6) is 0.467. The number of benzene rings is 1. The number of piperidine rings is 2. The first kappa shape index (κ1) is 19.0. The Morgan fingerprint density at radius 3 is 2.46 bits per heavy atom. The number of anilines is 1. The second-order valence-electron chi connectivity index (χ2n) is 7.38. The standard InChI is InChI=1S/C20H28ClN3O2/c1-15(25)22-14-16-7-11-24(12-8-16)20(26)18-13-17(5-6-19(18)21)23-9-3-2-4-10-23/h5-6,13,16H,2-4,7-12,14H2,1H3,(H,22,25). The van der Waals surface area contributed by atoms with Crippen molar-refractivity contribution in [2.75, 3.05) is 37.6 Å². The van der Waals surface area contributed by atoms with Gasteiger partial charge in [-0.2, -0.15) is 0 Å². The van der Waals surface area contributed by atoms with Crippen molar-refractivity contribution in [1.29, 1.82) is 0 Å². The topological polar surface area (TPSA) is 52.7 Å². The normalized spacial score (nSPS) is 18.7. The molecule has 2 saturated heterocycles. The zero-order chi connectivity index (χ0) is 18.5. The molecular weight excluding hydrogens is 350 g/mol. The zero-order valence-corrected chi connectivity index (χ0v) is 16.2. The second kappa shape index (κ2) is 8.76. The van der Waals surface area contributed by atoms with Crippen LogP contribution in [0.4, 0.5) is 5.69 Å². The Kier molecular flexibility index (Phi) is 6.41. The highest BCUT2D eigenvalue weighted by molar-refractivity contribution is 6.34. The summed E-state index contributed by atoms with van der Waals surface area (Å²) in [6, 6.07) is 5.83. The Balaban J connectivity index is 1.63. The molecule has 1 aromatic rings. The molecule has 1 aromatic carbocycles. The quantitative estimate of drug-likeness (QED) is 0.875. The number of halogens is 1. The third kappa shape index (κ3) is 4.70.